The number of benzene rings is 10. The smallest absolute Gasteiger partial charge is 0.221 e. The van der Waals surface area contributed by atoms with Gasteiger partial charge in [0.05, 0.1) is 24.6 Å². The van der Waals surface area contributed by atoms with Crippen molar-refractivity contribution in [2.75, 3.05) is 0 Å². The van der Waals surface area contributed by atoms with Gasteiger partial charge in [-0.25, -0.2) is 0 Å². The molecule has 0 amide bonds. The first-order chi connectivity index (χ1) is 37.6. The van der Waals surface area contributed by atoms with Gasteiger partial charge in [0.2, 0.25) is 32.1 Å². The van der Waals surface area contributed by atoms with E-state index in [-0.39, 0.29) is 0 Å². The zero-order chi connectivity index (χ0) is 50.4. The van der Waals surface area contributed by atoms with E-state index >= 15 is 0 Å². The topological polar surface area (TPSA) is 105 Å². The molecule has 0 aliphatic rings. The summed E-state index contributed by atoms with van der Waals surface area (Å²) in [4.78, 5) is 0. The number of fused-ring (bicyclic) bond motifs is 12. The highest BCUT2D eigenvalue weighted by atomic mass is 31.1. The van der Waals surface area contributed by atoms with Crippen molar-refractivity contribution in [2.24, 2.45) is 0 Å². The molecule has 0 bridgehead atoms. The molecular formula is C64H46O8P4. The molecule has 4 heterocycles. The second-order valence-electron chi connectivity index (χ2n) is 18.6. The van der Waals surface area contributed by atoms with Crippen LogP contribution < -0.4 is 0 Å². The largest absolute Gasteiger partial charge is 0.419 e. The first-order valence-corrected chi connectivity index (χ1v) is 30.6. The zero-order valence-electron chi connectivity index (χ0n) is 40.8. The standard InChI is InChI=1S/C64H46O8P4/c1-9-31-55-47(23-1)48-24-2-10-32-56(48)66-73(65-55)39-43-19-17-20-44(40-74-67-57-33-11-3-25-49(57)50-26-4-12-34-58(50)68-74)63(43)64-45(41-75-69-59-35-13-5-27-51(59)52-28-6-14-36-60(52)70-75)21-18-22-46(64)42-76-71-61-37-15-7-29-53(61)54-30-8-16-38-62(54)72-76/h1-38H,39-42H2. The summed E-state index contributed by atoms with van der Waals surface area (Å²) in [5.41, 5.74) is 12.6. The summed E-state index contributed by atoms with van der Waals surface area (Å²) in [6.45, 7) is 0. The highest BCUT2D eigenvalue weighted by molar-refractivity contribution is 7.37. The molecule has 14 rings (SSSR count). The van der Waals surface area contributed by atoms with Crippen molar-refractivity contribution in [1.29, 1.82) is 0 Å². The van der Waals surface area contributed by atoms with Gasteiger partial charge in [-0.15, -0.1) is 0 Å². The fraction of sp³-hybridized carbons (Fsp3) is 0.0625. The first kappa shape index (κ1) is 46.3. The van der Waals surface area contributed by atoms with Crippen molar-refractivity contribution < 1.29 is 33.6 Å². The lowest BCUT2D eigenvalue weighted by Crippen LogP contribution is -2.01. The maximum Gasteiger partial charge on any atom is 0.221 e. The summed E-state index contributed by atoms with van der Waals surface area (Å²) in [7, 11) is -6.33. The van der Waals surface area contributed by atoms with E-state index in [0.29, 0.717) is 24.6 Å². The molecule has 0 radical (unpaired) electrons. The molecule has 0 unspecified atom stereocenters. The Kier molecular flexibility index (Phi) is 12.3. The van der Waals surface area contributed by atoms with Gasteiger partial charge < -0.3 is 33.6 Å². The van der Waals surface area contributed by atoms with Crippen LogP contribution in [0.5, 0.6) is 0 Å². The Hall–Kier alpha value is -8.20. The minimum absolute atomic E-state index is 0.464. The predicted octanol–water partition coefficient (Wildman–Crippen LogP) is 22.0. The highest BCUT2D eigenvalue weighted by Crippen LogP contribution is 2.49. The quantitative estimate of drug-likeness (QED) is 0.141. The molecule has 0 fully saturated rings. The summed E-state index contributed by atoms with van der Waals surface area (Å²) in [6.07, 6.45) is 1.85. The molecule has 0 saturated heterocycles. The van der Waals surface area contributed by atoms with E-state index in [1.54, 1.807) is 0 Å². The molecule has 0 aliphatic heterocycles. The Morgan fingerprint density at radius 3 is 0.513 bits per heavy atom. The first-order valence-electron chi connectivity index (χ1n) is 25.1. The number of hydrogen-bond acceptors (Lipinski definition) is 8. The van der Waals surface area contributed by atoms with Gasteiger partial charge in [-0.3, -0.25) is 0 Å². The van der Waals surface area contributed by atoms with Crippen LogP contribution in [0.3, 0.4) is 0 Å². The van der Waals surface area contributed by atoms with Gasteiger partial charge in [0.15, 0.2) is 0 Å². The third-order valence-electron chi connectivity index (χ3n) is 13.8. The second kappa shape index (κ2) is 20.2. The fourth-order valence-electron chi connectivity index (χ4n) is 10.4. The molecule has 0 spiro atoms. The van der Waals surface area contributed by atoms with Crippen LogP contribution in [-0.4, -0.2) is 0 Å². The molecular weight excluding hydrogens is 1020 g/mol. The van der Waals surface area contributed by atoms with Crippen LogP contribution in [-0.2, 0) is 24.6 Å². The molecule has 10 aromatic carbocycles. The van der Waals surface area contributed by atoms with Crippen molar-refractivity contribution in [3.63, 3.8) is 0 Å². The van der Waals surface area contributed by atoms with Crippen LogP contribution in [0.15, 0.2) is 264 Å². The molecule has 76 heavy (non-hydrogen) atoms. The highest BCUT2D eigenvalue weighted by Gasteiger charge is 2.24. The SMILES string of the molecule is c1cc(Cp2oc3ccccc3c3ccccc3o2)c(-c2c(Cp3oc4ccccc4c4ccccc4o3)cccc2Cp2oc3ccccc3c3ccccc3o2)c(Cp2oc3ccccc3c3ccccc3o2)c1. The van der Waals surface area contributed by atoms with Crippen LogP contribution in [0.1, 0.15) is 22.3 Å². The predicted molar refractivity (Wildman–Crippen MR) is 314 cm³/mol. The third kappa shape index (κ3) is 8.94. The summed E-state index contributed by atoms with van der Waals surface area (Å²) in [6, 6.07) is 78.8. The van der Waals surface area contributed by atoms with Crippen LogP contribution in [0, 0.1) is 0 Å². The van der Waals surface area contributed by atoms with E-state index in [2.05, 4.69) is 84.9 Å². The maximum absolute atomic E-state index is 7.01. The normalized spacial score (nSPS) is 11.6. The molecule has 0 saturated carbocycles. The number of hydrogen-bond donors (Lipinski definition) is 0. The average Bonchev–Trinajstić information content (AvgIpc) is 3.90. The van der Waals surface area contributed by atoms with Gasteiger partial charge in [-0.1, -0.05) is 182 Å². The van der Waals surface area contributed by atoms with Gasteiger partial charge in [0.25, 0.3) is 0 Å². The molecule has 8 nitrogen and oxygen atoms in total. The van der Waals surface area contributed by atoms with Crippen molar-refractivity contribution in [3.05, 3.63) is 253 Å². The third-order valence-corrected chi connectivity index (χ3v) is 19.4. The molecule has 4 aromatic heterocycles. The summed E-state index contributed by atoms with van der Waals surface area (Å²) < 4.78 is 56.1. The van der Waals surface area contributed by atoms with Gasteiger partial charge in [0.1, 0.15) is 44.7 Å². The van der Waals surface area contributed by atoms with Crippen LogP contribution in [0.4, 0.5) is 0 Å². The lowest BCUT2D eigenvalue weighted by molar-refractivity contribution is 0.636. The van der Waals surface area contributed by atoms with Gasteiger partial charge in [-0.2, -0.15) is 0 Å². The molecule has 370 valence electrons. The Bertz CT molecular complexity index is 3890. The van der Waals surface area contributed by atoms with Crippen LogP contribution >= 0.6 is 32.1 Å². The van der Waals surface area contributed by atoms with E-state index in [1.807, 2.05) is 146 Å². The van der Waals surface area contributed by atoms with E-state index in [0.717, 1.165) is 121 Å². The van der Waals surface area contributed by atoms with Crippen molar-refractivity contribution >= 4 is 120 Å². The average molecular weight is 1070 g/mol. The van der Waals surface area contributed by atoms with E-state index in [4.69, 9.17) is 33.6 Å². The summed E-state index contributed by atoms with van der Waals surface area (Å²) in [5, 5.41) is 7.99. The van der Waals surface area contributed by atoms with Crippen molar-refractivity contribution in [1.82, 2.24) is 0 Å². The minimum atomic E-state index is -1.58. The minimum Gasteiger partial charge on any atom is -0.419 e. The molecule has 0 atom stereocenters. The van der Waals surface area contributed by atoms with Gasteiger partial charge >= 0.3 is 0 Å². The molecule has 0 N–H and O–H groups in total. The summed E-state index contributed by atoms with van der Waals surface area (Å²) in [5.74, 6) is 0. The molecule has 14 aromatic rings. The van der Waals surface area contributed by atoms with Crippen LogP contribution in [0.25, 0.3) is 98.9 Å². The maximum atomic E-state index is 7.01. The fourth-order valence-corrected chi connectivity index (χ4v) is 16.3. The Morgan fingerprint density at radius 2 is 0.342 bits per heavy atom. The summed E-state index contributed by atoms with van der Waals surface area (Å²) >= 11 is 0. The lowest BCUT2D eigenvalue weighted by atomic mass is 9.89. The monoisotopic (exact) mass is 1070 g/mol. The lowest BCUT2D eigenvalue weighted by Gasteiger charge is -2.20. The Morgan fingerprint density at radius 1 is 0.184 bits per heavy atom. The van der Waals surface area contributed by atoms with Crippen LogP contribution in [0.2, 0.25) is 0 Å². The second-order valence-corrected chi connectivity index (χ2v) is 24.0. The Labute approximate surface area is 439 Å². The van der Waals surface area contributed by atoms with E-state index in [9.17, 15) is 0 Å². The van der Waals surface area contributed by atoms with E-state index < -0.39 is 32.1 Å². The Balaban J connectivity index is 1.04. The number of para-hydroxylation sites is 8. The zero-order valence-corrected chi connectivity index (χ0v) is 44.4. The van der Waals surface area contributed by atoms with Crippen molar-refractivity contribution in [2.45, 2.75) is 24.6 Å². The van der Waals surface area contributed by atoms with E-state index in [1.165, 1.54) is 0 Å². The van der Waals surface area contributed by atoms with Gasteiger partial charge in [-0.05, 0) is 81.9 Å². The molecule has 12 heteroatoms. The van der Waals surface area contributed by atoms with Gasteiger partial charge in [0, 0.05) is 43.1 Å². The van der Waals surface area contributed by atoms with Crippen molar-refractivity contribution in [3.8, 4) is 11.1 Å². The number of rotatable bonds is 9. The molecule has 0 aliphatic carbocycles.